The van der Waals surface area contributed by atoms with Crippen molar-refractivity contribution < 1.29 is 9.53 Å². The lowest BCUT2D eigenvalue weighted by molar-refractivity contribution is -0.121. The number of rotatable bonds is 6. The van der Waals surface area contributed by atoms with E-state index < -0.39 is 0 Å². The van der Waals surface area contributed by atoms with Crippen LogP contribution in [0.3, 0.4) is 0 Å². The SMILES string of the molecule is CC(N)CCCC(=O)NCC1CCOC1. The van der Waals surface area contributed by atoms with Crippen molar-refractivity contribution in [2.24, 2.45) is 11.7 Å². The third kappa shape index (κ3) is 5.74. The number of nitrogens with two attached hydrogens (primary N) is 1. The summed E-state index contributed by atoms with van der Waals surface area (Å²) < 4.78 is 5.23. The highest BCUT2D eigenvalue weighted by atomic mass is 16.5. The largest absolute Gasteiger partial charge is 0.381 e. The molecule has 1 aliphatic rings. The van der Waals surface area contributed by atoms with E-state index in [1.807, 2.05) is 6.92 Å². The van der Waals surface area contributed by atoms with Gasteiger partial charge >= 0.3 is 0 Å². The van der Waals surface area contributed by atoms with Crippen molar-refractivity contribution in [3.05, 3.63) is 0 Å². The van der Waals surface area contributed by atoms with Crippen LogP contribution in [0.1, 0.15) is 32.6 Å². The average molecular weight is 214 g/mol. The van der Waals surface area contributed by atoms with Gasteiger partial charge in [-0.15, -0.1) is 0 Å². The molecule has 1 amide bonds. The van der Waals surface area contributed by atoms with Gasteiger partial charge in [0.25, 0.3) is 0 Å². The van der Waals surface area contributed by atoms with Crippen LogP contribution in [0, 0.1) is 5.92 Å². The third-order valence-electron chi connectivity index (χ3n) is 2.68. The third-order valence-corrected chi connectivity index (χ3v) is 2.68. The fourth-order valence-electron chi connectivity index (χ4n) is 1.68. The van der Waals surface area contributed by atoms with Crippen LogP contribution < -0.4 is 11.1 Å². The van der Waals surface area contributed by atoms with E-state index in [-0.39, 0.29) is 11.9 Å². The Hall–Kier alpha value is -0.610. The molecule has 0 radical (unpaired) electrons. The minimum Gasteiger partial charge on any atom is -0.381 e. The van der Waals surface area contributed by atoms with Crippen molar-refractivity contribution in [3.8, 4) is 0 Å². The van der Waals surface area contributed by atoms with Crippen LogP contribution in [0.5, 0.6) is 0 Å². The van der Waals surface area contributed by atoms with Crippen LogP contribution in [0.4, 0.5) is 0 Å². The van der Waals surface area contributed by atoms with Crippen molar-refractivity contribution in [2.45, 2.75) is 38.6 Å². The van der Waals surface area contributed by atoms with Crippen molar-refractivity contribution in [1.82, 2.24) is 5.32 Å². The Morgan fingerprint density at radius 3 is 3.07 bits per heavy atom. The molecular formula is C11H22N2O2. The quantitative estimate of drug-likeness (QED) is 0.682. The molecule has 2 unspecified atom stereocenters. The lowest BCUT2D eigenvalue weighted by atomic mass is 10.1. The van der Waals surface area contributed by atoms with Gasteiger partial charge in [-0.25, -0.2) is 0 Å². The molecule has 4 nitrogen and oxygen atoms in total. The van der Waals surface area contributed by atoms with E-state index in [4.69, 9.17) is 10.5 Å². The monoisotopic (exact) mass is 214 g/mol. The molecule has 1 aliphatic heterocycles. The zero-order chi connectivity index (χ0) is 11.1. The van der Waals surface area contributed by atoms with E-state index in [2.05, 4.69) is 5.32 Å². The number of carbonyl (C=O) groups is 1. The molecule has 0 aromatic carbocycles. The second kappa shape index (κ2) is 6.80. The van der Waals surface area contributed by atoms with Gasteiger partial charge in [0.05, 0.1) is 6.61 Å². The minimum absolute atomic E-state index is 0.141. The molecule has 0 spiro atoms. The molecule has 2 atom stereocenters. The first-order valence-corrected chi connectivity index (χ1v) is 5.78. The van der Waals surface area contributed by atoms with E-state index in [9.17, 15) is 4.79 Å². The van der Waals surface area contributed by atoms with Gasteiger partial charge in [-0.2, -0.15) is 0 Å². The second-order valence-corrected chi connectivity index (χ2v) is 4.40. The first-order chi connectivity index (χ1) is 7.18. The maximum atomic E-state index is 11.4. The van der Waals surface area contributed by atoms with Gasteiger partial charge in [0.1, 0.15) is 0 Å². The summed E-state index contributed by atoms with van der Waals surface area (Å²) in [7, 11) is 0. The molecular weight excluding hydrogens is 192 g/mol. The normalized spacial score (nSPS) is 22.7. The smallest absolute Gasteiger partial charge is 0.220 e. The topological polar surface area (TPSA) is 64.4 Å². The summed E-state index contributed by atoms with van der Waals surface area (Å²) in [6.07, 6.45) is 3.46. The van der Waals surface area contributed by atoms with Gasteiger partial charge < -0.3 is 15.8 Å². The van der Waals surface area contributed by atoms with Gasteiger partial charge in [-0.3, -0.25) is 4.79 Å². The Morgan fingerprint density at radius 2 is 2.47 bits per heavy atom. The average Bonchev–Trinajstić information content (AvgIpc) is 2.66. The zero-order valence-electron chi connectivity index (χ0n) is 9.50. The first kappa shape index (κ1) is 12.5. The predicted octanol–water partition coefficient (Wildman–Crippen LogP) is 0.657. The summed E-state index contributed by atoms with van der Waals surface area (Å²) in [5, 5.41) is 2.94. The van der Waals surface area contributed by atoms with Crippen molar-refractivity contribution in [2.75, 3.05) is 19.8 Å². The Balaban J connectivity index is 1.98. The van der Waals surface area contributed by atoms with Crippen LogP contribution in [0.15, 0.2) is 0 Å². The van der Waals surface area contributed by atoms with Gasteiger partial charge in [0, 0.05) is 31.5 Å². The zero-order valence-corrected chi connectivity index (χ0v) is 9.50. The van der Waals surface area contributed by atoms with Crippen LogP contribution >= 0.6 is 0 Å². The molecule has 1 saturated heterocycles. The van der Waals surface area contributed by atoms with Crippen LogP contribution in [0.25, 0.3) is 0 Å². The number of ether oxygens (including phenoxy) is 1. The van der Waals surface area contributed by atoms with Crippen molar-refractivity contribution in [1.29, 1.82) is 0 Å². The number of amides is 1. The maximum Gasteiger partial charge on any atom is 0.220 e. The molecule has 1 heterocycles. The van der Waals surface area contributed by atoms with Gasteiger partial charge in [-0.05, 0) is 26.2 Å². The molecule has 1 fully saturated rings. The Labute approximate surface area is 91.5 Å². The number of hydrogen-bond acceptors (Lipinski definition) is 3. The molecule has 0 aromatic rings. The Morgan fingerprint density at radius 1 is 1.67 bits per heavy atom. The number of nitrogens with one attached hydrogen (secondary N) is 1. The Kier molecular flexibility index (Phi) is 5.65. The highest BCUT2D eigenvalue weighted by Crippen LogP contribution is 2.10. The highest BCUT2D eigenvalue weighted by Gasteiger charge is 2.15. The lowest BCUT2D eigenvalue weighted by Gasteiger charge is -2.09. The van der Waals surface area contributed by atoms with E-state index in [1.54, 1.807) is 0 Å². The second-order valence-electron chi connectivity index (χ2n) is 4.40. The van der Waals surface area contributed by atoms with E-state index in [0.717, 1.165) is 39.0 Å². The van der Waals surface area contributed by atoms with E-state index in [1.165, 1.54) is 0 Å². The van der Waals surface area contributed by atoms with Crippen molar-refractivity contribution in [3.63, 3.8) is 0 Å². The highest BCUT2D eigenvalue weighted by molar-refractivity contribution is 5.75. The maximum absolute atomic E-state index is 11.4. The lowest BCUT2D eigenvalue weighted by Crippen LogP contribution is -2.29. The van der Waals surface area contributed by atoms with Crippen LogP contribution in [0.2, 0.25) is 0 Å². The summed E-state index contributed by atoms with van der Waals surface area (Å²) >= 11 is 0. The van der Waals surface area contributed by atoms with Gasteiger partial charge in [-0.1, -0.05) is 0 Å². The summed E-state index contributed by atoms with van der Waals surface area (Å²) in [4.78, 5) is 11.4. The molecule has 88 valence electrons. The molecule has 15 heavy (non-hydrogen) atoms. The molecule has 1 rings (SSSR count). The summed E-state index contributed by atoms with van der Waals surface area (Å²) in [5.74, 6) is 0.657. The fraction of sp³-hybridized carbons (Fsp3) is 0.909. The first-order valence-electron chi connectivity index (χ1n) is 5.78. The summed E-state index contributed by atoms with van der Waals surface area (Å²) in [6, 6.07) is 0.195. The summed E-state index contributed by atoms with van der Waals surface area (Å²) in [5.41, 5.74) is 5.60. The molecule has 4 heteroatoms. The number of carbonyl (C=O) groups excluding carboxylic acids is 1. The van der Waals surface area contributed by atoms with Crippen LogP contribution in [-0.2, 0) is 9.53 Å². The van der Waals surface area contributed by atoms with E-state index >= 15 is 0 Å². The van der Waals surface area contributed by atoms with Crippen molar-refractivity contribution >= 4 is 5.91 Å². The molecule has 3 N–H and O–H groups in total. The molecule has 0 bridgehead atoms. The molecule has 0 aromatic heterocycles. The minimum atomic E-state index is 0.141. The predicted molar refractivity (Wildman–Crippen MR) is 59.4 cm³/mol. The Bertz CT molecular complexity index is 189. The fourth-order valence-corrected chi connectivity index (χ4v) is 1.68. The van der Waals surface area contributed by atoms with E-state index in [0.29, 0.717) is 12.3 Å². The van der Waals surface area contributed by atoms with Gasteiger partial charge in [0.2, 0.25) is 5.91 Å². The standard InChI is InChI=1S/C11H22N2O2/c1-9(12)3-2-4-11(14)13-7-10-5-6-15-8-10/h9-10H,2-8,12H2,1H3,(H,13,14). The van der Waals surface area contributed by atoms with Gasteiger partial charge in [0.15, 0.2) is 0 Å². The molecule has 0 saturated carbocycles. The molecule has 0 aliphatic carbocycles. The number of hydrogen-bond donors (Lipinski definition) is 2. The summed E-state index contributed by atoms with van der Waals surface area (Å²) in [6.45, 7) is 4.36. The van der Waals surface area contributed by atoms with Crippen LogP contribution in [-0.4, -0.2) is 31.7 Å².